The summed E-state index contributed by atoms with van der Waals surface area (Å²) in [6.07, 6.45) is 1.95. The van der Waals surface area contributed by atoms with Gasteiger partial charge in [-0.2, -0.15) is 0 Å². The first-order valence-corrected chi connectivity index (χ1v) is 4.80. The molecule has 78 valence electrons. The van der Waals surface area contributed by atoms with Crippen molar-refractivity contribution in [1.29, 1.82) is 0 Å². The standard InChI is InChI=1S/C9H20N2O2/c1-6(11-2)8-5-4-7(10)9(12-3)13-8/h6-9,11H,4-5,10H2,1-3H3/t6?,7?,8?,9-/m0/s1. The molecule has 1 saturated heterocycles. The Morgan fingerprint density at radius 3 is 2.77 bits per heavy atom. The van der Waals surface area contributed by atoms with E-state index in [0.29, 0.717) is 6.04 Å². The van der Waals surface area contributed by atoms with Crippen LogP contribution in [0.5, 0.6) is 0 Å². The fourth-order valence-corrected chi connectivity index (χ4v) is 1.62. The zero-order valence-electron chi connectivity index (χ0n) is 8.62. The van der Waals surface area contributed by atoms with Gasteiger partial charge in [-0.15, -0.1) is 0 Å². The molecule has 0 saturated carbocycles. The molecule has 4 atom stereocenters. The fraction of sp³-hybridized carbons (Fsp3) is 1.00. The van der Waals surface area contributed by atoms with Gasteiger partial charge in [-0.1, -0.05) is 0 Å². The first-order chi connectivity index (χ1) is 6.19. The van der Waals surface area contributed by atoms with Crippen LogP contribution in [0.15, 0.2) is 0 Å². The van der Waals surface area contributed by atoms with Crippen LogP contribution in [0.25, 0.3) is 0 Å². The van der Waals surface area contributed by atoms with Crippen molar-refractivity contribution in [3.05, 3.63) is 0 Å². The van der Waals surface area contributed by atoms with E-state index >= 15 is 0 Å². The highest BCUT2D eigenvalue weighted by molar-refractivity contribution is 4.81. The quantitative estimate of drug-likeness (QED) is 0.658. The lowest BCUT2D eigenvalue weighted by Gasteiger charge is -2.36. The molecule has 4 nitrogen and oxygen atoms in total. The van der Waals surface area contributed by atoms with E-state index in [1.807, 2.05) is 7.05 Å². The highest BCUT2D eigenvalue weighted by atomic mass is 16.7. The van der Waals surface area contributed by atoms with Crippen molar-refractivity contribution in [3.8, 4) is 0 Å². The topological polar surface area (TPSA) is 56.5 Å². The molecular formula is C9H20N2O2. The van der Waals surface area contributed by atoms with Gasteiger partial charge in [0, 0.05) is 13.2 Å². The molecule has 0 aromatic heterocycles. The molecule has 0 amide bonds. The summed E-state index contributed by atoms with van der Waals surface area (Å²) in [4.78, 5) is 0. The summed E-state index contributed by atoms with van der Waals surface area (Å²) in [5, 5.41) is 3.17. The molecule has 4 heteroatoms. The molecular weight excluding hydrogens is 168 g/mol. The van der Waals surface area contributed by atoms with E-state index in [1.165, 1.54) is 0 Å². The molecule has 3 unspecified atom stereocenters. The number of nitrogens with two attached hydrogens (primary N) is 1. The Balaban J connectivity index is 2.44. The summed E-state index contributed by atoms with van der Waals surface area (Å²) in [6, 6.07) is 0.371. The third-order valence-corrected chi connectivity index (χ3v) is 2.69. The van der Waals surface area contributed by atoms with Crippen molar-refractivity contribution in [2.24, 2.45) is 5.73 Å². The van der Waals surface area contributed by atoms with Gasteiger partial charge in [-0.05, 0) is 26.8 Å². The molecule has 0 aliphatic carbocycles. The third-order valence-electron chi connectivity index (χ3n) is 2.69. The Hall–Kier alpha value is -0.160. The molecule has 0 bridgehead atoms. The maximum atomic E-state index is 5.82. The van der Waals surface area contributed by atoms with E-state index in [0.717, 1.165) is 12.8 Å². The summed E-state index contributed by atoms with van der Waals surface area (Å²) < 4.78 is 10.8. The lowest BCUT2D eigenvalue weighted by molar-refractivity contribution is -0.194. The van der Waals surface area contributed by atoms with Crippen molar-refractivity contribution in [2.45, 2.75) is 44.2 Å². The fourth-order valence-electron chi connectivity index (χ4n) is 1.62. The predicted molar refractivity (Wildman–Crippen MR) is 51.4 cm³/mol. The van der Waals surface area contributed by atoms with E-state index in [2.05, 4.69) is 12.2 Å². The molecule has 1 aliphatic heterocycles. The van der Waals surface area contributed by atoms with Crippen LogP contribution >= 0.6 is 0 Å². The SMILES string of the molecule is CNC(C)C1CCC(N)[C@@H](OC)O1. The Labute approximate surface area is 79.8 Å². The van der Waals surface area contributed by atoms with Crippen molar-refractivity contribution in [3.63, 3.8) is 0 Å². The number of likely N-dealkylation sites (N-methyl/N-ethyl adjacent to an activating group) is 1. The van der Waals surface area contributed by atoms with Crippen LogP contribution in [0.4, 0.5) is 0 Å². The molecule has 3 N–H and O–H groups in total. The Bertz CT molecular complexity index is 155. The van der Waals surface area contributed by atoms with Crippen molar-refractivity contribution < 1.29 is 9.47 Å². The predicted octanol–water partition coefficient (Wildman–Crippen LogP) is 0.0731. The average Bonchev–Trinajstić information content (AvgIpc) is 2.17. The Morgan fingerprint density at radius 2 is 2.23 bits per heavy atom. The minimum atomic E-state index is -0.241. The number of hydrogen-bond acceptors (Lipinski definition) is 4. The van der Waals surface area contributed by atoms with Crippen LogP contribution in [0.2, 0.25) is 0 Å². The van der Waals surface area contributed by atoms with E-state index < -0.39 is 0 Å². The maximum Gasteiger partial charge on any atom is 0.172 e. The van der Waals surface area contributed by atoms with Gasteiger partial charge in [0.2, 0.25) is 0 Å². The molecule has 0 aromatic carbocycles. The average molecular weight is 188 g/mol. The smallest absolute Gasteiger partial charge is 0.172 e. The number of methoxy groups -OCH3 is 1. The summed E-state index contributed by atoms with van der Waals surface area (Å²) in [7, 11) is 3.57. The maximum absolute atomic E-state index is 5.82. The first-order valence-electron chi connectivity index (χ1n) is 4.80. The van der Waals surface area contributed by atoms with Crippen molar-refractivity contribution in [2.75, 3.05) is 14.2 Å². The van der Waals surface area contributed by atoms with E-state index in [1.54, 1.807) is 7.11 Å². The Morgan fingerprint density at radius 1 is 1.54 bits per heavy atom. The van der Waals surface area contributed by atoms with Crippen LogP contribution in [0, 0.1) is 0 Å². The van der Waals surface area contributed by atoms with Gasteiger partial charge in [-0.3, -0.25) is 0 Å². The summed E-state index contributed by atoms with van der Waals surface area (Å²) >= 11 is 0. The monoisotopic (exact) mass is 188 g/mol. The largest absolute Gasteiger partial charge is 0.354 e. The number of hydrogen-bond donors (Lipinski definition) is 2. The molecule has 13 heavy (non-hydrogen) atoms. The molecule has 1 heterocycles. The molecule has 1 aliphatic rings. The number of rotatable bonds is 3. The van der Waals surface area contributed by atoms with Gasteiger partial charge in [-0.25, -0.2) is 0 Å². The highest BCUT2D eigenvalue weighted by Crippen LogP contribution is 2.20. The number of ether oxygens (including phenoxy) is 2. The van der Waals surface area contributed by atoms with Crippen LogP contribution in [-0.2, 0) is 9.47 Å². The van der Waals surface area contributed by atoms with Gasteiger partial charge >= 0.3 is 0 Å². The first kappa shape index (κ1) is 10.9. The number of nitrogens with one attached hydrogen (secondary N) is 1. The van der Waals surface area contributed by atoms with Crippen LogP contribution in [0.3, 0.4) is 0 Å². The van der Waals surface area contributed by atoms with Crippen LogP contribution in [-0.4, -0.2) is 38.6 Å². The normalized spacial score (nSPS) is 37.4. The van der Waals surface area contributed by atoms with Crippen LogP contribution in [0.1, 0.15) is 19.8 Å². The van der Waals surface area contributed by atoms with Crippen molar-refractivity contribution >= 4 is 0 Å². The highest BCUT2D eigenvalue weighted by Gasteiger charge is 2.30. The molecule has 0 aromatic rings. The second-order valence-electron chi connectivity index (χ2n) is 3.60. The summed E-state index contributed by atoms with van der Waals surface area (Å²) in [5.74, 6) is 0. The third kappa shape index (κ3) is 2.64. The molecule has 1 rings (SSSR count). The lowest BCUT2D eigenvalue weighted by atomic mass is 10.00. The van der Waals surface area contributed by atoms with Gasteiger partial charge in [0.15, 0.2) is 6.29 Å². The van der Waals surface area contributed by atoms with E-state index in [-0.39, 0.29) is 18.4 Å². The summed E-state index contributed by atoms with van der Waals surface area (Å²) in [5.41, 5.74) is 5.82. The molecule has 0 radical (unpaired) electrons. The summed E-state index contributed by atoms with van der Waals surface area (Å²) in [6.45, 7) is 2.11. The zero-order valence-corrected chi connectivity index (χ0v) is 8.62. The van der Waals surface area contributed by atoms with Gasteiger partial charge < -0.3 is 20.5 Å². The minimum absolute atomic E-state index is 0.0188. The van der Waals surface area contributed by atoms with Gasteiger partial charge in [0.05, 0.1) is 12.1 Å². The lowest BCUT2D eigenvalue weighted by Crippen LogP contribution is -2.50. The molecule has 0 spiro atoms. The second kappa shape index (κ2) is 4.91. The van der Waals surface area contributed by atoms with Gasteiger partial charge in [0.1, 0.15) is 0 Å². The van der Waals surface area contributed by atoms with E-state index in [9.17, 15) is 0 Å². The van der Waals surface area contributed by atoms with E-state index in [4.69, 9.17) is 15.2 Å². The van der Waals surface area contributed by atoms with Crippen molar-refractivity contribution in [1.82, 2.24) is 5.32 Å². The Kier molecular flexibility index (Phi) is 4.12. The van der Waals surface area contributed by atoms with Crippen LogP contribution < -0.4 is 11.1 Å². The second-order valence-corrected chi connectivity index (χ2v) is 3.60. The minimum Gasteiger partial charge on any atom is -0.354 e. The molecule has 1 fully saturated rings. The van der Waals surface area contributed by atoms with Gasteiger partial charge in [0.25, 0.3) is 0 Å². The zero-order chi connectivity index (χ0) is 9.84.